The number of anilines is 2. The van der Waals surface area contributed by atoms with Crippen LogP contribution >= 0.6 is 0 Å². The van der Waals surface area contributed by atoms with Gasteiger partial charge in [0, 0.05) is 31.9 Å². The summed E-state index contributed by atoms with van der Waals surface area (Å²) in [7, 11) is 3.91. The fourth-order valence-corrected chi connectivity index (χ4v) is 1.62. The SMILES string of the molecule is C#CCC(N)C(=O)Nc1ccc(C)c(N(C)C)c1. The second-order valence-corrected chi connectivity index (χ2v) is 4.40. The van der Waals surface area contributed by atoms with E-state index in [4.69, 9.17) is 12.2 Å². The number of aryl methyl sites for hydroxylation is 1. The van der Waals surface area contributed by atoms with Crippen LogP contribution in [0.3, 0.4) is 0 Å². The van der Waals surface area contributed by atoms with Crippen LogP contribution in [-0.2, 0) is 4.79 Å². The summed E-state index contributed by atoms with van der Waals surface area (Å²) in [6.07, 6.45) is 5.36. The quantitative estimate of drug-likeness (QED) is 0.787. The number of amides is 1. The maximum absolute atomic E-state index is 11.7. The minimum absolute atomic E-state index is 0.234. The first-order valence-electron chi connectivity index (χ1n) is 5.73. The van der Waals surface area contributed by atoms with Crippen LogP contribution in [0.4, 0.5) is 11.4 Å². The van der Waals surface area contributed by atoms with E-state index in [0.29, 0.717) is 0 Å². The Bertz CT molecular complexity index is 474. The number of nitrogens with one attached hydrogen (secondary N) is 1. The molecule has 1 amide bonds. The molecule has 96 valence electrons. The van der Waals surface area contributed by atoms with Crippen molar-refractivity contribution in [3.8, 4) is 12.3 Å². The third-order valence-electron chi connectivity index (χ3n) is 2.63. The molecular weight excluding hydrogens is 226 g/mol. The smallest absolute Gasteiger partial charge is 0.242 e. The summed E-state index contributed by atoms with van der Waals surface area (Å²) in [4.78, 5) is 13.7. The Morgan fingerprint density at radius 3 is 2.78 bits per heavy atom. The lowest BCUT2D eigenvalue weighted by Crippen LogP contribution is -2.35. The molecule has 1 aromatic carbocycles. The molecule has 0 spiro atoms. The van der Waals surface area contributed by atoms with Gasteiger partial charge >= 0.3 is 0 Å². The fourth-order valence-electron chi connectivity index (χ4n) is 1.62. The average Bonchev–Trinajstić information content (AvgIpc) is 2.31. The highest BCUT2D eigenvalue weighted by molar-refractivity contribution is 5.95. The van der Waals surface area contributed by atoms with Gasteiger partial charge in [-0.15, -0.1) is 12.3 Å². The lowest BCUT2D eigenvalue weighted by atomic mass is 10.1. The van der Waals surface area contributed by atoms with Crippen molar-refractivity contribution in [2.75, 3.05) is 24.3 Å². The van der Waals surface area contributed by atoms with Gasteiger partial charge < -0.3 is 16.0 Å². The van der Waals surface area contributed by atoms with E-state index in [-0.39, 0.29) is 12.3 Å². The zero-order valence-corrected chi connectivity index (χ0v) is 11.0. The van der Waals surface area contributed by atoms with Gasteiger partial charge in [0.25, 0.3) is 0 Å². The molecule has 1 aromatic rings. The third kappa shape index (κ3) is 3.51. The number of carbonyl (C=O) groups is 1. The van der Waals surface area contributed by atoms with Crippen LogP contribution < -0.4 is 16.0 Å². The standard InChI is InChI=1S/C14H19N3O/c1-5-6-12(15)14(18)16-11-8-7-10(2)13(9-11)17(3)4/h1,7-9,12H,6,15H2,2-4H3,(H,16,18). The molecule has 1 rings (SSSR count). The van der Waals surface area contributed by atoms with Crippen molar-refractivity contribution in [2.45, 2.75) is 19.4 Å². The molecule has 4 heteroatoms. The molecule has 0 aliphatic carbocycles. The lowest BCUT2D eigenvalue weighted by Gasteiger charge is -2.17. The van der Waals surface area contributed by atoms with Crippen LogP contribution in [0, 0.1) is 19.3 Å². The van der Waals surface area contributed by atoms with Crippen LogP contribution in [0.1, 0.15) is 12.0 Å². The molecule has 0 saturated heterocycles. The van der Waals surface area contributed by atoms with Crippen LogP contribution in [0.2, 0.25) is 0 Å². The van der Waals surface area contributed by atoms with Gasteiger partial charge in [-0.05, 0) is 24.6 Å². The molecule has 0 aliphatic rings. The van der Waals surface area contributed by atoms with Gasteiger partial charge in [0.15, 0.2) is 0 Å². The number of hydrogen-bond acceptors (Lipinski definition) is 3. The maximum Gasteiger partial charge on any atom is 0.242 e. The number of benzene rings is 1. The number of hydrogen-bond donors (Lipinski definition) is 2. The van der Waals surface area contributed by atoms with E-state index in [0.717, 1.165) is 16.9 Å². The molecule has 0 aromatic heterocycles. The largest absolute Gasteiger partial charge is 0.377 e. The zero-order chi connectivity index (χ0) is 13.7. The third-order valence-corrected chi connectivity index (χ3v) is 2.63. The Hall–Kier alpha value is -1.99. The monoisotopic (exact) mass is 245 g/mol. The number of nitrogens with two attached hydrogens (primary N) is 1. The minimum atomic E-state index is -0.667. The van der Waals surface area contributed by atoms with Crippen LogP contribution in [0.15, 0.2) is 18.2 Å². The topological polar surface area (TPSA) is 58.4 Å². The summed E-state index contributed by atoms with van der Waals surface area (Å²) < 4.78 is 0. The minimum Gasteiger partial charge on any atom is -0.377 e. The van der Waals surface area contributed by atoms with E-state index in [2.05, 4.69) is 11.2 Å². The van der Waals surface area contributed by atoms with Gasteiger partial charge in [-0.1, -0.05) is 6.07 Å². The van der Waals surface area contributed by atoms with Gasteiger partial charge in [-0.3, -0.25) is 4.79 Å². The average molecular weight is 245 g/mol. The van der Waals surface area contributed by atoms with Crippen molar-refractivity contribution in [1.82, 2.24) is 0 Å². The van der Waals surface area contributed by atoms with E-state index >= 15 is 0 Å². The number of rotatable bonds is 4. The zero-order valence-electron chi connectivity index (χ0n) is 11.0. The Balaban J connectivity index is 2.83. The van der Waals surface area contributed by atoms with Crippen molar-refractivity contribution in [3.05, 3.63) is 23.8 Å². The number of carbonyl (C=O) groups excluding carboxylic acids is 1. The lowest BCUT2D eigenvalue weighted by molar-refractivity contribution is -0.117. The molecule has 0 saturated carbocycles. The highest BCUT2D eigenvalue weighted by atomic mass is 16.2. The molecule has 0 heterocycles. The molecule has 4 nitrogen and oxygen atoms in total. The van der Waals surface area contributed by atoms with Gasteiger partial charge in [0.05, 0.1) is 6.04 Å². The first-order chi connectivity index (χ1) is 8.45. The molecule has 0 radical (unpaired) electrons. The summed E-state index contributed by atoms with van der Waals surface area (Å²) in [6, 6.07) is 5.05. The first kappa shape index (κ1) is 14.1. The van der Waals surface area contributed by atoms with Crippen molar-refractivity contribution in [1.29, 1.82) is 0 Å². The number of nitrogens with zero attached hydrogens (tertiary/aromatic N) is 1. The van der Waals surface area contributed by atoms with Crippen LogP contribution in [-0.4, -0.2) is 26.0 Å². The highest BCUT2D eigenvalue weighted by Crippen LogP contribution is 2.22. The van der Waals surface area contributed by atoms with Gasteiger partial charge in [0.1, 0.15) is 0 Å². The van der Waals surface area contributed by atoms with Crippen LogP contribution in [0.25, 0.3) is 0 Å². The molecule has 0 aliphatic heterocycles. The van der Waals surface area contributed by atoms with Crippen molar-refractivity contribution >= 4 is 17.3 Å². The molecule has 1 unspecified atom stereocenters. The first-order valence-corrected chi connectivity index (χ1v) is 5.73. The van der Waals surface area contributed by atoms with Gasteiger partial charge in [-0.25, -0.2) is 0 Å². The molecule has 0 bridgehead atoms. The van der Waals surface area contributed by atoms with E-state index in [1.54, 1.807) is 0 Å². The summed E-state index contributed by atoms with van der Waals surface area (Å²) in [5.41, 5.74) is 8.56. The Labute approximate surface area is 108 Å². The van der Waals surface area contributed by atoms with E-state index in [1.807, 2.05) is 44.1 Å². The van der Waals surface area contributed by atoms with E-state index < -0.39 is 6.04 Å². The highest BCUT2D eigenvalue weighted by Gasteiger charge is 2.12. The van der Waals surface area contributed by atoms with Gasteiger partial charge in [0.2, 0.25) is 5.91 Å². The van der Waals surface area contributed by atoms with E-state index in [9.17, 15) is 4.79 Å². The maximum atomic E-state index is 11.7. The summed E-state index contributed by atoms with van der Waals surface area (Å²) >= 11 is 0. The fraction of sp³-hybridized carbons (Fsp3) is 0.357. The summed E-state index contributed by atoms with van der Waals surface area (Å²) in [5.74, 6) is 2.12. The van der Waals surface area contributed by atoms with Crippen molar-refractivity contribution in [2.24, 2.45) is 5.73 Å². The van der Waals surface area contributed by atoms with Gasteiger partial charge in [-0.2, -0.15) is 0 Å². The molecular formula is C14H19N3O. The normalized spacial score (nSPS) is 11.5. The molecule has 18 heavy (non-hydrogen) atoms. The van der Waals surface area contributed by atoms with E-state index in [1.165, 1.54) is 0 Å². The van der Waals surface area contributed by atoms with Crippen molar-refractivity contribution in [3.63, 3.8) is 0 Å². The molecule has 3 N–H and O–H groups in total. The Morgan fingerprint density at radius 2 is 2.22 bits per heavy atom. The Morgan fingerprint density at radius 1 is 1.56 bits per heavy atom. The number of terminal acetylenes is 1. The second-order valence-electron chi connectivity index (χ2n) is 4.40. The molecule has 1 atom stereocenters. The predicted molar refractivity (Wildman–Crippen MR) is 75.6 cm³/mol. The summed E-state index contributed by atoms with van der Waals surface area (Å²) in [6.45, 7) is 2.02. The van der Waals surface area contributed by atoms with Crippen LogP contribution in [0.5, 0.6) is 0 Å². The second kappa shape index (κ2) is 6.08. The predicted octanol–water partition coefficient (Wildman–Crippen LogP) is 1.35. The molecule has 0 fully saturated rings. The van der Waals surface area contributed by atoms with Crippen molar-refractivity contribution < 1.29 is 4.79 Å². The Kier molecular flexibility index (Phi) is 4.75. The summed E-state index contributed by atoms with van der Waals surface area (Å²) in [5, 5.41) is 2.76.